The first-order valence-electron chi connectivity index (χ1n) is 16.7. The Bertz CT molecular complexity index is 1590. The van der Waals surface area contributed by atoms with Crippen LogP contribution in [-0.2, 0) is 29.1 Å². The van der Waals surface area contributed by atoms with E-state index in [0.29, 0.717) is 57.3 Å². The number of hydrogen-bond donors (Lipinski definition) is 1. The molecule has 0 radical (unpaired) electrons. The van der Waals surface area contributed by atoms with Gasteiger partial charge < -0.3 is 20.0 Å². The van der Waals surface area contributed by atoms with Crippen LogP contribution < -0.4 is 10.2 Å². The molecule has 1 saturated heterocycles. The minimum Gasteiger partial charge on any atom is -0.368 e. The molecule has 1 N–H and O–H groups in total. The van der Waals surface area contributed by atoms with Crippen molar-refractivity contribution in [2.45, 2.75) is 57.8 Å². The number of aliphatic imine (C=N–C) groups is 2. The summed E-state index contributed by atoms with van der Waals surface area (Å²) in [5, 5.41) is 3.82. The second kappa shape index (κ2) is 15.6. The lowest BCUT2D eigenvalue weighted by atomic mass is 10.0. The van der Waals surface area contributed by atoms with Gasteiger partial charge in [0.25, 0.3) is 0 Å². The summed E-state index contributed by atoms with van der Waals surface area (Å²) in [5.74, 6) is -0.142. The van der Waals surface area contributed by atoms with E-state index in [4.69, 9.17) is 11.6 Å². The highest BCUT2D eigenvalue weighted by Crippen LogP contribution is 2.36. The van der Waals surface area contributed by atoms with E-state index in [1.807, 2.05) is 35.5 Å². The van der Waals surface area contributed by atoms with Gasteiger partial charge in [0.05, 0.1) is 6.34 Å². The lowest BCUT2D eigenvalue weighted by molar-refractivity contribution is -0.137. The van der Waals surface area contributed by atoms with Gasteiger partial charge in [-0.25, -0.2) is 4.99 Å². The number of para-hydroxylation sites is 1. The van der Waals surface area contributed by atoms with Crippen LogP contribution in [0.2, 0.25) is 5.02 Å². The first-order chi connectivity index (χ1) is 23.0. The zero-order chi connectivity index (χ0) is 32.6. The smallest absolute Gasteiger partial charge is 0.245 e. The van der Waals surface area contributed by atoms with E-state index in [0.717, 1.165) is 37.2 Å². The maximum absolute atomic E-state index is 14.1. The van der Waals surface area contributed by atoms with Crippen molar-refractivity contribution >= 4 is 41.8 Å². The summed E-state index contributed by atoms with van der Waals surface area (Å²) < 4.78 is 0. The number of piperazine rings is 1. The second-order valence-corrected chi connectivity index (χ2v) is 13.0. The molecule has 3 aromatic carbocycles. The Kier molecular flexibility index (Phi) is 10.9. The number of nitrogens with one attached hydrogen (secondary N) is 1. The van der Waals surface area contributed by atoms with Gasteiger partial charge in [-0.1, -0.05) is 79.5 Å². The fourth-order valence-corrected chi connectivity index (χ4v) is 6.98. The molecular formula is C37H44ClN7O2. The van der Waals surface area contributed by atoms with Gasteiger partial charge in [0, 0.05) is 68.9 Å². The highest BCUT2D eigenvalue weighted by Gasteiger charge is 2.34. The van der Waals surface area contributed by atoms with Crippen LogP contribution in [0.25, 0.3) is 0 Å². The summed E-state index contributed by atoms with van der Waals surface area (Å²) in [5.41, 5.74) is 5.83. The molecule has 2 amide bonds. The van der Waals surface area contributed by atoms with Crippen LogP contribution in [0.15, 0.2) is 82.8 Å². The third-order valence-electron chi connectivity index (χ3n) is 9.33. The minimum absolute atomic E-state index is 0.00987. The van der Waals surface area contributed by atoms with E-state index in [1.54, 1.807) is 6.34 Å². The van der Waals surface area contributed by atoms with Crippen molar-refractivity contribution in [2.24, 2.45) is 9.98 Å². The van der Waals surface area contributed by atoms with Crippen LogP contribution in [-0.4, -0.2) is 84.6 Å². The van der Waals surface area contributed by atoms with Crippen molar-refractivity contribution < 1.29 is 9.59 Å². The Balaban J connectivity index is 1.13. The number of benzene rings is 3. The molecule has 3 aromatic rings. The molecule has 0 aliphatic carbocycles. The highest BCUT2D eigenvalue weighted by atomic mass is 35.5. The number of anilines is 1. The number of carbonyl (C=O) groups excluding carboxylic acids is 2. The monoisotopic (exact) mass is 653 g/mol. The number of amides is 2. The van der Waals surface area contributed by atoms with Gasteiger partial charge in [-0.3, -0.25) is 19.5 Å². The maximum atomic E-state index is 14.1. The second-order valence-electron chi connectivity index (χ2n) is 12.6. The molecule has 0 spiro atoms. The lowest BCUT2D eigenvalue weighted by Crippen LogP contribution is -2.56. The third kappa shape index (κ3) is 8.21. The lowest BCUT2D eigenvalue weighted by Gasteiger charge is -2.39. The van der Waals surface area contributed by atoms with Crippen molar-refractivity contribution in [3.05, 3.63) is 100 Å². The molecule has 6 rings (SSSR count). The third-order valence-corrected chi connectivity index (χ3v) is 9.58. The Morgan fingerprint density at radius 2 is 1.74 bits per heavy atom. The van der Waals surface area contributed by atoms with Gasteiger partial charge in [-0.05, 0) is 53.4 Å². The predicted molar refractivity (Wildman–Crippen MR) is 189 cm³/mol. The van der Waals surface area contributed by atoms with Crippen molar-refractivity contribution in [1.82, 2.24) is 20.0 Å². The Morgan fingerprint density at radius 3 is 2.51 bits per heavy atom. The van der Waals surface area contributed by atoms with Crippen LogP contribution in [0.5, 0.6) is 0 Å². The number of nitrogens with zero attached hydrogens (tertiary/aromatic N) is 6. The normalized spacial score (nSPS) is 18.3. The quantitative estimate of drug-likeness (QED) is 0.287. The van der Waals surface area contributed by atoms with E-state index in [2.05, 4.69) is 85.5 Å². The molecule has 0 aromatic heterocycles. The molecule has 47 heavy (non-hydrogen) atoms. The van der Waals surface area contributed by atoms with Gasteiger partial charge in [0.2, 0.25) is 11.8 Å². The Hall–Kier alpha value is -4.21. The van der Waals surface area contributed by atoms with E-state index in [-0.39, 0.29) is 17.9 Å². The predicted octanol–water partition coefficient (Wildman–Crippen LogP) is 5.29. The molecule has 1 fully saturated rings. The van der Waals surface area contributed by atoms with Crippen LogP contribution >= 0.6 is 11.6 Å². The molecule has 3 heterocycles. The zero-order valence-corrected chi connectivity index (χ0v) is 27.9. The molecule has 3 aliphatic rings. The molecule has 1 unspecified atom stereocenters. The summed E-state index contributed by atoms with van der Waals surface area (Å²) in [7, 11) is 0. The number of carbonyl (C=O) groups is 2. The van der Waals surface area contributed by atoms with Crippen LogP contribution in [0.4, 0.5) is 5.69 Å². The molecule has 0 saturated carbocycles. The molecular weight excluding hydrogens is 610 g/mol. The maximum Gasteiger partial charge on any atom is 0.245 e. The van der Waals surface area contributed by atoms with Gasteiger partial charge in [0.15, 0.2) is 0 Å². The van der Waals surface area contributed by atoms with E-state index >= 15 is 0 Å². The number of halogens is 1. The molecule has 0 bridgehead atoms. The standard InChI is InChI=1S/C37H44ClN7O2/c1-2-3-16-45-24-29-8-4-6-10-32(29)35(45)22-36(46)41-33(21-28-12-14-31(38)15-13-28)37(47)44-19-17-43(18-20-44)34-11-7-5-9-30(34)23-42-26-39-25-40-27-42/h4-15,25-26,33,35H,2-3,16-24,27H2,1H3,(H,41,46)/t33-,35?/m1/s1. The van der Waals surface area contributed by atoms with E-state index in [9.17, 15) is 9.59 Å². The minimum atomic E-state index is -0.665. The van der Waals surface area contributed by atoms with E-state index in [1.165, 1.54) is 16.7 Å². The van der Waals surface area contributed by atoms with Gasteiger partial charge >= 0.3 is 0 Å². The first kappa shape index (κ1) is 32.7. The molecule has 2 atom stereocenters. The average Bonchev–Trinajstić information content (AvgIpc) is 3.45. The fourth-order valence-electron chi connectivity index (χ4n) is 6.85. The van der Waals surface area contributed by atoms with E-state index < -0.39 is 6.04 Å². The number of hydrogen-bond acceptors (Lipinski definition) is 7. The first-order valence-corrected chi connectivity index (χ1v) is 17.1. The molecule has 10 heteroatoms. The number of unbranched alkanes of at least 4 members (excludes halogenated alkanes) is 1. The van der Waals surface area contributed by atoms with Gasteiger partial charge in [-0.15, -0.1) is 0 Å². The summed E-state index contributed by atoms with van der Waals surface area (Å²) in [6.07, 6.45) is 6.32. The van der Waals surface area contributed by atoms with Crippen LogP contribution in [0.3, 0.4) is 0 Å². The molecule has 3 aliphatic heterocycles. The summed E-state index contributed by atoms with van der Waals surface area (Å²) in [6, 6.07) is 23.7. The number of rotatable bonds is 12. The zero-order valence-electron chi connectivity index (χ0n) is 27.1. The van der Waals surface area contributed by atoms with Crippen molar-refractivity contribution in [1.29, 1.82) is 0 Å². The average molecular weight is 654 g/mol. The largest absolute Gasteiger partial charge is 0.368 e. The Morgan fingerprint density at radius 1 is 0.979 bits per heavy atom. The van der Waals surface area contributed by atoms with Crippen LogP contribution in [0.1, 0.15) is 54.5 Å². The number of fused-ring (bicyclic) bond motifs is 1. The van der Waals surface area contributed by atoms with Crippen molar-refractivity contribution in [3.8, 4) is 0 Å². The topological polar surface area (TPSA) is 83.9 Å². The van der Waals surface area contributed by atoms with Gasteiger partial charge in [0.1, 0.15) is 19.0 Å². The highest BCUT2D eigenvalue weighted by molar-refractivity contribution is 6.30. The van der Waals surface area contributed by atoms with Crippen molar-refractivity contribution in [2.75, 3.05) is 44.3 Å². The summed E-state index contributed by atoms with van der Waals surface area (Å²) in [6.45, 7) is 7.88. The van der Waals surface area contributed by atoms with Crippen LogP contribution in [0, 0.1) is 0 Å². The SMILES string of the molecule is CCCCN1Cc2ccccc2C1CC(=O)N[C@H](Cc1ccc(Cl)cc1)C(=O)N1CCN(c2ccccc2CN2C=NC=NC2)CC1. The molecule has 246 valence electrons. The van der Waals surface area contributed by atoms with Gasteiger partial charge in [-0.2, -0.15) is 0 Å². The summed E-state index contributed by atoms with van der Waals surface area (Å²) >= 11 is 6.16. The van der Waals surface area contributed by atoms with Crippen molar-refractivity contribution in [3.63, 3.8) is 0 Å². The molecule has 9 nitrogen and oxygen atoms in total. The Labute approximate surface area is 282 Å². The summed E-state index contributed by atoms with van der Waals surface area (Å²) in [4.78, 5) is 45.1. The fraction of sp³-hybridized carbons (Fsp3) is 0.405.